The van der Waals surface area contributed by atoms with Crippen LogP contribution in [0.4, 0.5) is 26.3 Å². The number of nitrogens with zero attached hydrogens (tertiary/aromatic N) is 2. The van der Waals surface area contributed by atoms with Crippen LogP contribution in [0.5, 0.6) is 0 Å². The topological polar surface area (TPSA) is 161 Å². The number of carbonyl (C=O) groups is 4. The Morgan fingerprint density at radius 2 is 0.800 bits per heavy atom. The summed E-state index contributed by atoms with van der Waals surface area (Å²) >= 11 is 23.3. The number of hydrogen-bond acceptors (Lipinski definition) is 10. The molecule has 0 aromatic heterocycles. The fourth-order valence-corrected chi connectivity index (χ4v) is 8.89. The van der Waals surface area contributed by atoms with Gasteiger partial charge in [-0.15, -0.1) is 18.7 Å². The molecule has 6 rings (SSSR count). The van der Waals surface area contributed by atoms with Crippen LogP contribution in [0, 0.1) is 0 Å². The Hall–Kier alpha value is -4.28. The summed E-state index contributed by atoms with van der Waals surface area (Å²) in [6.45, 7) is 0. The highest BCUT2D eigenvalue weighted by Crippen LogP contribution is 2.57. The van der Waals surface area contributed by atoms with E-state index in [9.17, 15) is 36.0 Å². The lowest BCUT2D eigenvalue weighted by Crippen LogP contribution is -2.55. The first kappa shape index (κ1) is 40.4. The molecule has 55 heavy (non-hydrogen) atoms. The summed E-state index contributed by atoms with van der Waals surface area (Å²) in [5, 5.41) is -2.25. The van der Waals surface area contributed by atoms with Crippen molar-refractivity contribution < 1.29 is 70.9 Å². The largest absolute Gasteiger partial charge is 0.411 e. The Balaban J connectivity index is 1.42. The minimum Gasteiger partial charge on any atom is -0.266 e. The summed E-state index contributed by atoms with van der Waals surface area (Å²) in [6.07, 6.45) is -12.8. The molecule has 0 N–H and O–H groups in total. The number of benzene rings is 4. The quantitative estimate of drug-likeness (QED) is 0.128. The van der Waals surface area contributed by atoms with Crippen molar-refractivity contribution in [1.82, 2.24) is 10.1 Å². The Bertz CT molecular complexity index is 2440. The van der Waals surface area contributed by atoms with Gasteiger partial charge in [-0.3, -0.25) is 19.2 Å². The number of amides is 4. The molecule has 0 saturated carbocycles. The first-order valence-electron chi connectivity index (χ1n) is 14.3. The molecule has 4 aromatic carbocycles. The van der Waals surface area contributed by atoms with Crippen molar-refractivity contribution in [1.29, 1.82) is 0 Å². The van der Waals surface area contributed by atoms with E-state index in [0.29, 0.717) is 12.1 Å². The summed E-state index contributed by atoms with van der Waals surface area (Å²) in [5.74, 6) is -6.81. The number of rotatable bonds is 8. The summed E-state index contributed by atoms with van der Waals surface area (Å²) in [7, 11) is -10.4. The lowest BCUT2D eigenvalue weighted by molar-refractivity contribution is -0.288. The molecule has 0 atom stereocenters. The van der Waals surface area contributed by atoms with Crippen molar-refractivity contribution >= 4 is 90.3 Å². The number of hydrogen-bond donors (Lipinski definition) is 0. The molecule has 0 radical (unpaired) electrons. The van der Waals surface area contributed by atoms with Crippen LogP contribution >= 0.6 is 46.4 Å². The molecular weight excluding hydrogens is 880 g/mol. The van der Waals surface area contributed by atoms with Crippen molar-refractivity contribution in [2.75, 3.05) is 0 Å². The first-order valence-corrected chi connectivity index (χ1v) is 18.7. The van der Waals surface area contributed by atoms with Crippen molar-refractivity contribution in [3.63, 3.8) is 0 Å². The van der Waals surface area contributed by atoms with Crippen molar-refractivity contribution in [3.05, 3.63) is 126 Å². The molecule has 288 valence electrons. The first-order chi connectivity index (χ1) is 25.3. The summed E-state index contributed by atoms with van der Waals surface area (Å²) in [6, 6.07) is 7.04. The van der Waals surface area contributed by atoms with Gasteiger partial charge in [-0.2, -0.15) is 43.2 Å². The van der Waals surface area contributed by atoms with Gasteiger partial charge in [0.1, 0.15) is 9.79 Å². The van der Waals surface area contributed by atoms with Crippen molar-refractivity contribution in [3.8, 4) is 0 Å². The fourth-order valence-electron chi connectivity index (χ4n) is 5.64. The van der Waals surface area contributed by atoms with E-state index in [2.05, 4.69) is 8.57 Å². The van der Waals surface area contributed by atoms with Gasteiger partial charge in [0.25, 0.3) is 23.6 Å². The predicted octanol–water partition coefficient (Wildman–Crippen LogP) is 7.54. The van der Waals surface area contributed by atoms with Gasteiger partial charge >= 0.3 is 32.6 Å². The summed E-state index contributed by atoms with van der Waals surface area (Å²) < 4.78 is 151. The summed E-state index contributed by atoms with van der Waals surface area (Å²) in [5.41, 5.74) is -12.7. The van der Waals surface area contributed by atoms with Crippen molar-refractivity contribution in [2.45, 2.75) is 27.6 Å². The summed E-state index contributed by atoms with van der Waals surface area (Å²) in [4.78, 5) is 50.8. The Morgan fingerprint density at radius 1 is 0.473 bits per heavy atom. The molecule has 24 heteroatoms. The standard InChI is InChI=1S/C31H12Cl4F6N2O10S2/c32-15-3-7-21(34)23(11-15)54(48,49)52-42-25(44)17-5-1-13(9-19(17)27(42)46)29(30(36,37)38,31(39,40)41)14-2-6-18-20(10-14)28(47)43(26(18)45)53-55(50,51)24-12-16(33)4-8-22(24)35/h1-12H. The molecule has 2 heterocycles. The normalized spacial score (nSPS) is 15.2. The second kappa shape index (κ2) is 13.4. The maximum absolute atomic E-state index is 15.1. The maximum atomic E-state index is 15.1. The van der Waals surface area contributed by atoms with Crippen LogP contribution in [0.3, 0.4) is 0 Å². The third kappa shape index (κ3) is 6.53. The van der Waals surface area contributed by atoms with E-state index in [1.807, 2.05) is 0 Å². The van der Waals surface area contributed by atoms with E-state index in [0.717, 1.165) is 24.3 Å². The minimum atomic E-state index is -6.38. The zero-order chi connectivity index (χ0) is 40.8. The molecule has 0 bridgehead atoms. The molecule has 2 aliphatic rings. The monoisotopic (exact) mass is 890 g/mol. The minimum absolute atomic E-state index is 0.0236. The van der Waals surface area contributed by atoms with E-state index >= 15 is 26.3 Å². The number of halogens is 10. The SMILES string of the molecule is O=C1c2ccc(C(c3ccc4c(c3)C(=O)N(OS(=O)(=O)c3cc(Cl)ccc3Cl)C4=O)(C(F)(F)F)C(F)(F)F)cc2C(=O)N1OS(=O)(=O)c1cc(Cl)ccc1Cl. The highest BCUT2D eigenvalue weighted by Gasteiger charge is 2.73. The van der Waals surface area contributed by atoms with Crippen LogP contribution in [0.1, 0.15) is 52.6 Å². The van der Waals surface area contributed by atoms with Crippen LogP contribution in [-0.2, 0) is 34.2 Å². The number of alkyl halides is 6. The molecule has 0 spiro atoms. The lowest BCUT2D eigenvalue weighted by Gasteiger charge is -2.38. The van der Waals surface area contributed by atoms with Gasteiger partial charge in [0.15, 0.2) is 0 Å². The number of hydroxylamine groups is 4. The highest BCUT2D eigenvalue weighted by atomic mass is 35.5. The van der Waals surface area contributed by atoms with Gasteiger partial charge in [0.2, 0.25) is 5.41 Å². The Morgan fingerprint density at radius 3 is 1.13 bits per heavy atom. The molecule has 0 saturated heterocycles. The fraction of sp³-hybridized carbons (Fsp3) is 0.0968. The molecule has 2 aliphatic heterocycles. The number of fused-ring (bicyclic) bond motifs is 2. The van der Waals surface area contributed by atoms with E-state index < -0.39 is 125 Å². The third-order valence-electron chi connectivity index (χ3n) is 8.09. The average Bonchev–Trinajstić information content (AvgIpc) is 3.44. The molecular formula is C31H12Cl4F6N2O10S2. The molecule has 0 unspecified atom stereocenters. The number of imide groups is 2. The van der Waals surface area contributed by atoms with Crippen LogP contribution in [0.25, 0.3) is 0 Å². The molecule has 12 nitrogen and oxygen atoms in total. The van der Waals surface area contributed by atoms with Gasteiger partial charge in [-0.1, -0.05) is 58.5 Å². The van der Waals surface area contributed by atoms with Gasteiger partial charge < -0.3 is 0 Å². The van der Waals surface area contributed by atoms with Crippen LogP contribution < -0.4 is 0 Å². The zero-order valence-electron chi connectivity index (χ0n) is 26.0. The molecule has 4 amide bonds. The van der Waals surface area contributed by atoms with E-state index in [1.165, 1.54) is 12.1 Å². The Labute approximate surface area is 323 Å². The smallest absolute Gasteiger partial charge is 0.266 e. The Kier molecular flexibility index (Phi) is 9.87. The van der Waals surface area contributed by atoms with E-state index in [4.69, 9.17) is 46.4 Å². The van der Waals surface area contributed by atoms with Gasteiger partial charge in [-0.05, 0) is 71.8 Å². The molecule has 4 aromatic rings. The second-order valence-corrected chi connectivity index (χ2v) is 16.0. The van der Waals surface area contributed by atoms with Gasteiger partial charge in [0, 0.05) is 10.0 Å². The van der Waals surface area contributed by atoms with Gasteiger partial charge in [0.05, 0.1) is 32.3 Å². The molecule has 0 fully saturated rings. The maximum Gasteiger partial charge on any atom is 0.411 e. The lowest BCUT2D eigenvalue weighted by atomic mass is 9.71. The zero-order valence-corrected chi connectivity index (χ0v) is 30.7. The second-order valence-electron chi connectivity index (χ2n) is 11.3. The van der Waals surface area contributed by atoms with E-state index in [1.54, 1.807) is 0 Å². The van der Waals surface area contributed by atoms with Crippen LogP contribution in [-0.4, -0.2) is 62.9 Å². The number of carbonyl (C=O) groups excluding carboxylic acids is 4. The molecule has 0 aliphatic carbocycles. The van der Waals surface area contributed by atoms with Crippen LogP contribution in [0.2, 0.25) is 20.1 Å². The average molecular weight is 892 g/mol. The highest BCUT2D eigenvalue weighted by molar-refractivity contribution is 7.87. The van der Waals surface area contributed by atoms with Gasteiger partial charge in [-0.25, -0.2) is 0 Å². The van der Waals surface area contributed by atoms with E-state index in [-0.39, 0.29) is 34.3 Å². The van der Waals surface area contributed by atoms with Crippen LogP contribution in [0.15, 0.2) is 82.6 Å². The van der Waals surface area contributed by atoms with Crippen molar-refractivity contribution in [2.24, 2.45) is 0 Å². The third-order valence-corrected chi connectivity index (χ3v) is 11.9. The predicted molar refractivity (Wildman–Crippen MR) is 176 cm³/mol.